The molecule has 0 unspecified atom stereocenters. The van der Waals surface area contributed by atoms with Crippen molar-refractivity contribution >= 4 is 30.7 Å². The molecular weight excluding hydrogens is 415 g/mol. The molecule has 0 aromatic carbocycles. The molecule has 3 aliphatic rings. The number of carbonyl (C=O) groups is 1. The zero-order valence-electron chi connectivity index (χ0n) is 17.1. The van der Waals surface area contributed by atoms with Crippen LogP contribution >= 0.6 is 24.8 Å². The molecule has 1 aromatic rings. The van der Waals surface area contributed by atoms with Crippen molar-refractivity contribution in [3.8, 4) is 0 Å². The Morgan fingerprint density at radius 3 is 2.66 bits per heavy atom. The van der Waals surface area contributed by atoms with Gasteiger partial charge in [-0.05, 0) is 57.8 Å². The van der Waals surface area contributed by atoms with Gasteiger partial charge >= 0.3 is 0 Å². The minimum atomic E-state index is -0.236. The predicted molar refractivity (Wildman–Crippen MR) is 118 cm³/mol. The number of piperidine rings is 1. The molecule has 0 aliphatic carbocycles. The Morgan fingerprint density at radius 2 is 1.93 bits per heavy atom. The molecule has 3 fully saturated rings. The Balaban J connectivity index is 0.00000150. The molecule has 0 bridgehead atoms. The van der Waals surface area contributed by atoms with Gasteiger partial charge < -0.3 is 19.9 Å². The molecule has 164 valence electrons. The largest absolute Gasteiger partial charge is 0.376 e. The van der Waals surface area contributed by atoms with E-state index in [0.717, 1.165) is 57.6 Å². The lowest BCUT2D eigenvalue weighted by Gasteiger charge is -2.33. The van der Waals surface area contributed by atoms with E-state index in [9.17, 15) is 9.59 Å². The normalized spacial score (nSPS) is 27.4. The highest BCUT2D eigenvalue weighted by Crippen LogP contribution is 2.23. The fourth-order valence-electron chi connectivity index (χ4n) is 4.69. The molecule has 4 rings (SSSR count). The quantitative estimate of drug-likeness (QED) is 0.735. The summed E-state index contributed by atoms with van der Waals surface area (Å²) < 4.78 is 7.50. The zero-order valence-corrected chi connectivity index (χ0v) is 18.7. The van der Waals surface area contributed by atoms with Crippen LogP contribution < -0.4 is 16.2 Å². The van der Waals surface area contributed by atoms with Gasteiger partial charge in [-0.2, -0.15) is 0 Å². The maximum atomic E-state index is 13.0. The van der Waals surface area contributed by atoms with Crippen LogP contribution in [0.15, 0.2) is 17.1 Å². The molecule has 9 heteroatoms. The van der Waals surface area contributed by atoms with Gasteiger partial charge in [0.25, 0.3) is 11.5 Å². The van der Waals surface area contributed by atoms with E-state index in [2.05, 4.69) is 22.5 Å². The van der Waals surface area contributed by atoms with E-state index in [0.29, 0.717) is 11.6 Å². The first-order valence-corrected chi connectivity index (χ1v) is 10.1. The number of pyridine rings is 1. The van der Waals surface area contributed by atoms with Gasteiger partial charge in [-0.3, -0.25) is 14.5 Å². The Hall–Kier alpha value is -1.12. The lowest BCUT2D eigenvalue weighted by molar-refractivity contribution is -0.0390. The van der Waals surface area contributed by atoms with E-state index < -0.39 is 0 Å². The summed E-state index contributed by atoms with van der Waals surface area (Å²) in [6, 6.07) is 2.51. The van der Waals surface area contributed by atoms with Gasteiger partial charge in [-0.15, -0.1) is 24.8 Å². The van der Waals surface area contributed by atoms with E-state index in [-0.39, 0.29) is 54.5 Å². The standard InChI is InChI=1S/C20H30N4O3.2ClH/c1-13-5-8-24(16-3-6-21-7-4-16)20(26)18(13)19(25)22-15-9-17-12-27-14(2)10-23(17)11-15;;/h5,8,14-17,21H,3-4,6-7,9-12H2,1-2H3,(H,22,25);2*1H/t14-,15+,17+;;/m1../s1. The van der Waals surface area contributed by atoms with Crippen LogP contribution in [0.1, 0.15) is 48.1 Å². The second-order valence-corrected chi connectivity index (χ2v) is 8.23. The number of morpholine rings is 1. The summed E-state index contributed by atoms with van der Waals surface area (Å²) in [7, 11) is 0. The first-order valence-electron chi connectivity index (χ1n) is 10.1. The number of aryl methyl sites for hydroxylation is 1. The van der Waals surface area contributed by atoms with E-state index in [4.69, 9.17) is 4.74 Å². The lowest BCUT2D eigenvalue weighted by atomic mass is 10.0. The van der Waals surface area contributed by atoms with Gasteiger partial charge in [0, 0.05) is 37.4 Å². The second-order valence-electron chi connectivity index (χ2n) is 8.23. The molecule has 0 saturated carbocycles. The second kappa shape index (κ2) is 10.3. The van der Waals surface area contributed by atoms with Crippen LogP contribution in [0, 0.1) is 6.92 Å². The number of rotatable bonds is 3. The number of hydrogen-bond acceptors (Lipinski definition) is 5. The minimum Gasteiger partial charge on any atom is -0.376 e. The maximum absolute atomic E-state index is 13.0. The molecule has 1 aromatic heterocycles. The number of aromatic nitrogens is 1. The van der Waals surface area contributed by atoms with E-state index in [1.165, 1.54) is 0 Å². The number of halogens is 2. The monoisotopic (exact) mass is 446 g/mol. The van der Waals surface area contributed by atoms with Gasteiger partial charge in [-0.1, -0.05) is 0 Å². The molecule has 0 spiro atoms. The highest BCUT2D eigenvalue weighted by Gasteiger charge is 2.37. The van der Waals surface area contributed by atoms with Crippen LogP contribution in [0.5, 0.6) is 0 Å². The summed E-state index contributed by atoms with van der Waals surface area (Å²) in [4.78, 5) is 28.4. The van der Waals surface area contributed by atoms with Crippen molar-refractivity contribution in [1.29, 1.82) is 0 Å². The van der Waals surface area contributed by atoms with Gasteiger partial charge in [0.05, 0.1) is 12.7 Å². The summed E-state index contributed by atoms with van der Waals surface area (Å²) in [5.74, 6) is -0.236. The van der Waals surface area contributed by atoms with Crippen LogP contribution in [0.3, 0.4) is 0 Å². The summed E-state index contributed by atoms with van der Waals surface area (Å²) in [5, 5.41) is 6.44. The number of carbonyl (C=O) groups excluding carboxylic acids is 1. The smallest absolute Gasteiger partial charge is 0.263 e. The summed E-state index contributed by atoms with van der Waals surface area (Å²) in [6.45, 7) is 8.21. The van der Waals surface area contributed by atoms with Crippen molar-refractivity contribution in [2.75, 3.05) is 32.8 Å². The van der Waals surface area contributed by atoms with Crippen LogP contribution in [0.2, 0.25) is 0 Å². The van der Waals surface area contributed by atoms with Gasteiger partial charge in [-0.25, -0.2) is 0 Å². The van der Waals surface area contributed by atoms with Crippen molar-refractivity contribution in [2.45, 2.75) is 57.3 Å². The molecule has 2 N–H and O–H groups in total. The van der Waals surface area contributed by atoms with Crippen molar-refractivity contribution in [2.24, 2.45) is 0 Å². The minimum absolute atomic E-state index is 0. The van der Waals surface area contributed by atoms with Gasteiger partial charge in [0.15, 0.2) is 0 Å². The molecule has 3 saturated heterocycles. The molecule has 3 atom stereocenters. The number of amides is 1. The van der Waals surface area contributed by atoms with Crippen molar-refractivity contribution in [1.82, 2.24) is 20.1 Å². The van der Waals surface area contributed by atoms with E-state index in [1.807, 2.05) is 19.2 Å². The summed E-state index contributed by atoms with van der Waals surface area (Å²) >= 11 is 0. The van der Waals surface area contributed by atoms with Crippen molar-refractivity contribution in [3.05, 3.63) is 33.7 Å². The Morgan fingerprint density at radius 1 is 1.21 bits per heavy atom. The average molecular weight is 447 g/mol. The first kappa shape index (κ1) is 24.2. The molecule has 1 amide bonds. The van der Waals surface area contributed by atoms with Crippen LogP contribution in [0.4, 0.5) is 0 Å². The van der Waals surface area contributed by atoms with Crippen LogP contribution in [0.25, 0.3) is 0 Å². The van der Waals surface area contributed by atoms with Gasteiger partial charge in [0.1, 0.15) is 5.56 Å². The first-order chi connectivity index (χ1) is 13.0. The molecule has 0 radical (unpaired) electrons. The van der Waals surface area contributed by atoms with E-state index >= 15 is 0 Å². The summed E-state index contributed by atoms with van der Waals surface area (Å²) in [5.41, 5.74) is 0.882. The predicted octanol–water partition coefficient (Wildman–Crippen LogP) is 1.52. The lowest BCUT2D eigenvalue weighted by Crippen LogP contribution is -2.45. The molecule has 7 nitrogen and oxygen atoms in total. The molecular formula is C20H32Cl2N4O3. The van der Waals surface area contributed by atoms with Crippen LogP contribution in [-0.4, -0.2) is 66.3 Å². The number of hydrogen-bond donors (Lipinski definition) is 2. The van der Waals surface area contributed by atoms with Crippen molar-refractivity contribution in [3.63, 3.8) is 0 Å². The molecule has 3 aliphatic heterocycles. The number of ether oxygens (including phenoxy) is 1. The molecule has 4 heterocycles. The Labute approximate surface area is 184 Å². The molecule has 29 heavy (non-hydrogen) atoms. The zero-order chi connectivity index (χ0) is 19.0. The highest BCUT2D eigenvalue weighted by atomic mass is 35.5. The number of fused-ring (bicyclic) bond motifs is 1. The maximum Gasteiger partial charge on any atom is 0.263 e. The van der Waals surface area contributed by atoms with Crippen molar-refractivity contribution < 1.29 is 9.53 Å². The number of nitrogens with one attached hydrogen (secondary N) is 2. The Kier molecular flexibility index (Phi) is 8.55. The SMILES string of the molecule is Cc1ccn(C2CCNCC2)c(=O)c1C(=O)N[C@H]1C[C@H]2CO[C@H](C)CN2C1.Cl.Cl. The average Bonchev–Trinajstić information content (AvgIpc) is 3.03. The third kappa shape index (κ3) is 5.14. The third-order valence-corrected chi connectivity index (χ3v) is 6.18. The fraction of sp³-hybridized carbons (Fsp3) is 0.700. The summed E-state index contributed by atoms with van der Waals surface area (Å²) in [6.07, 6.45) is 4.80. The van der Waals surface area contributed by atoms with E-state index in [1.54, 1.807) is 4.57 Å². The Bertz CT molecular complexity index is 767. The highest BCUT2D eigenvalue weighted by molar-refractivity contribution is 5.95. The number of nitrogens with zero attached hydrogens (tertiary/aromatic N) is 2. The topological polar surface area (TPSA) is 75.6 Å². The fourth-order valence-corrected chi connectivity index (χ4v) is 4.69. The third-order valence-electron chi connectivity index (χ3n) is 6.18. The van der Waals surface area contributed by atoms with Crippen LogP contribution in [-0.2, 0) is 4.74 Å². The van der Waals surface area contributed by atoms with Gasteiger partial charge in [0.2, 0.25) is 0 Å².